The Morgan fingerprint density at radius 3 is 2.56 bits per heavy atom. The lowest BCUT2D eigenvalue weighted by Gasteiger charge is -2.10. The molecular formula is C20H16ClF3N4O4. The van der Waals surface area contributed by atoms with Crippen molar-refractivity contribution in [3.63, 3.8) is 0 Å². The molecule has 2 amide bonds. The molecule has 8 nitrogen and oxygen atoms in total. The fraction of sp³-hybridized carbons (Fsp3) is 0.200. The van der Waals surface area contributed by atoms with Gasteiger partial charge >= 0.3 is 18.0 Å². The topological polar surface area (TPSA) is 106 Å². The van der Waals surface area contributed by atoms with E-state index in [9.17, 15) is 22.8 Å². The van der Waals surface area contributed by atoms with Gasteiger partial charge in [-0.2, -0.15) is 18.2 Å². The van der Waals surface area contributed by atoms with Crippen molar-refractivity contribution in [2.45, 2.75) is 6.18 Å². The Morgan fingerprint density at radius 2 is 1.81 bits per heavy atom. The number of amides is 2. The van der Waals surface area contributed by atoms with Crippen LogP contribution >= 0.6 is 11.6 Å². The van der Waals surface area contributed by atoms with Gasteiger partial charge in [-0.25, -0.2) is 0 Å². The van der Waals surface area contributed by atoms with Crippen LogP contribution in [0.15, 0.2) is 53.1 Å². The van der Waals surface area contributed by atoms with Gasteiger partial charge in [-0.05, 0) is 30.3 Å². The number of hydrogen-bond acceptors (Lipinski definition) is 6. The van der Waals surface area contributed by atoms with E-state index in [4.69, 9.17) is 20.9 Å². The highest BCUT2D eigenvalue weighted by Gasteiger charge is 2.30. The lowest BCUT2D eigenvalue weighted by atomic mass is 10.2. The van der Waals surface area contributed by atoms with Gasteiger partial charge in [-0.1, -0.05) is 35.0 Å². The van der Waals surface area contributed by atoms with Crippen LogP contribution in [0.2, 0.25) is 5.02 Å². The van der Waals surface area contributed by atoms with Crippen LogP contribution in [0.4, 0.5) is 13.2 Å². The number of nitrogens with one attached hydrogen (secondary N) is 2. The number of alkyl halides is 3. The standard InChI is InChI=1S/C20H16ClF3N4O4/c21-14-5-1-3-12(9-14)17-27-19(32-28-17)18(30)26-8-7-25-16(29)11-31-15-6-2-4-13(10-15)20(22,23)24/h1-6,9-10H,7-8,11H2,(H,25,29)(H,26,30). The molecule has 0 saturated heterocycles. The van der Waals surface area contributed by atoms with Gasteiger partial charge in [0.2, 0.25) is 5.82 Å². The molecule has 0 fully saturated rings. The Balaban J connectivity index is 1.40. The van der Waals surface area contributed by atoms with Crippen molar-refractivity contribution >= 4 is 23.4 Å². The first kappa shape index (κ1) is 23.1. The summed E-state index contributed by atoms with van der Waals surface area (Å²) in [6.45, 7) is -0.392. The average molecular weight is 469 g/mol. The highest BCUT2D eigenvalue weighted by atomic mass is 35.5. The van der Waals surface area contributed by atoms with Crippen molar-refractivity contribution in [2.24, 2.45) is 0 Å². The second-order valence-corrected chi connectivity index (χ2v) is 6.79. The van der Waals surface area contributed by atoms with Crippen LogP contribution in [0.5, 0.6) is 5.75 Å². The molecule has 32 heavy (non-hydrogen) atoms. The average Bonchev–Trinajstić information content (AvgIpc) is 3.25. The van der Waals surface area contributed by atoms with E-state index in [1.807, 2.05) is 0 Å². The van der Waals surface area contributed by atoms with E-state index in [1.54, 1.807) is 24.3 Å². The molecule has 12 heteroatoms. The molecule has 0 unspecified atom stereocenters. The number of carbonyl (C=O) groups is 2. The second kappa shape index (κ2) is 10.1. The number of ether oxygens (including phenoxy) is 1. The maximum absolute atomic E-state index is 12.7. The number of benzene rings is 2. The van der Waals surface area contributed by atoms with Crippen molar-refractivity contribution in [2.75, 3.05) is 19.7 Å². The molecule has 2 aromatic carbocycles. The number of carbonyl (C=O) groups excluding carboxylic acids is 2. The van der Waals surface area contributed by atoms with Crippen molar-refractivity contribution in [1.29, 1.82) is 0 Å². The Bertz CT molecular complexity index is 1100. The van der Waals surface area contributed by atoms with Crippen LogP contribution in [0, 0.1) is 0 Å². The summed E-state index contributed by atoms with van der Waals surface area (Å²) in [5.74, 6) is -1.37. The fourth-order valence-electron chi connectivity index (χ4n) is 2.48. The number of hydrogen-bond donors (Lipinski definition) is 2. The number of aromatic nitrogens is 2. The van der Waals surface area contributed by atoms with E-state index in [1.165, 1.54) is 12.1 Å². The first-order valence-electron chi connectivity index (χ1n) is 9.17. The molecule has 0 saturated carbocycles. The third-order valence-electron chi connectivity index (χ3n) is 3.97. The molecular weight excluding hydrogens is 453 g/mol. The molecule has 3 rings (SSSR count). The zero-order valence-electron chi connectivity index (χ0n) is 16.3. The fourth-order valence-corrected chi connectivity index (χ4v) is 2.67. The number of rotatable bonds is 8. The quantitative estimate of drug-likeness (QED) is 0.491. The lowest BCUT2D eigenvalue weighted by Crippen LogP contribution is -2.36. The molecule has 168 valence electrons. The molecule has 0 radical (unpaired) electrons. The van der Waals surface area contributed by atoms with Crippen LogP contribution in [0.1, 0.15) is 16.2 Å². The van der Waals surface area contributed by atoms with Gasteiger partial charge in [0.05, 0.1) is 5.56 Å². The van der Waals surface area contributed by atoms with E-state index in [0.29, 0.717) is 10.6 Å². The Kier molecular flexibility index (Phi) is 7.31. The summed E-state index contributed by atoms with van der Waals surface area (Å²) >= 11 is 5.90. The van der Waals surface area contributed by atoms with Crippen LogP contribution in [0.25, 0.3) is 11.4 Å². The predicted octanol–water partition coefficient (Wildman–Crippen LogP) is 3.33. The summed E-state index contributed by atoms with van der Waals surface area (Å²) in [7, 11) is 0. The molecule has 0 aliphatic carbocycles. The van der Waals surface area contributed by atoms with Crippen molar-refractivity contribution in [1.82, 2.24) is 20.8 Å². The maximum Gasteiger partial charge on any atom is 0.416 e. The van der Waals surface area contributed by atoms with Gasteiger partial charge in [-0.15, -0.1) is 0 Å². The molecule has 0 aliphatic heterocycles. The summed E-state index contributed by atoms with van der Waals surface area (Å²) in [5, 5.41) is 9.14. The minimum atomic E-state index is -4.51. The van der Waals surface area contributed by atoms with Gasteiger partial charge in [-0.3, -0.25) is 9.59 Å². The summed E-state index contributed by atoms with van der Waals surface area (Å²) in [6, 6.07) is 10.9. The third kappa shape index (κ3) is 6.45. The van der Waals surface area contributed by atoms with E-state index in [2.05, 4.69) is 20.8 Å². The highest BCUT2D eigenvalue weighted by molar-refractivity contribution is 6.30. The first-order chi connectivity index (χ1) is 15.2. The van der Waals surface area contributed by atoms with Crippen LogP contribution in [-0.4, -0.2) is 41.7 Å². The lowest BCUT2D eigenvalue weighted by molar-refractivity contribution is -0.137. The monoisotopic (exact) mass is 468 g/mol. The maximum atomic E-state index is 12.7. The second-order valence-electron chi connectivity index (χ2n) is 6.35. The van der Waals surface area contributed by atoms with E-state index in [-0.39, 0.29) is 30.6 Å². The Hall–Kier alpha value is -3.60. The van der Waals surface area contributed by atoms with Crippen molar-refractivity contribution in [3.05, 3.63) is 65.0 Å². The Labute approximate surface area is 184 Å². The number of halogens is 4. The summed E-state index contributed by atoms with van der Waals surface area (Å²) in [5.41, 5.74) is -0.300. The molecule has 3 aromatic rings. The molecule has 1 heterocycles. The van der Waals surface area contributed by atoms with Gasteiger partial charge in [0, 0.05) is 23.7 Å². The summed E-state index contributed by atoms with van der Waals surface area (Å²) in [6.07, 6.45) is -4.51. The Morgan fingerprint density at radius 1 is 1.06 bits per heavy atom. The third-order valence-corrected chi connectivity index (χ3v) is 4.20. The SMILES string of the molecule is O=C(COc1cccc(C(F)(F)F)c1)NCCNC(=O)c1nc(-c2cccc(Cl)c2)no1. The first-order valence-corrected chi connectivity index (χ1v) is 9.55. The summed E-state index contributed by atoms with van der Waals surface area (Å²) < 4.78 is 48.0. The van der Waals surface area contributed by atoms with Gasteiger partial charge in [0.1, 0.15) is 5.75 Å². The summed E-state index contributed by atoms with van der Waals surface area (Å²) in [4.78, 5) is 27.8. The molecule has 0 atom stereocenters. The largest absolute Gasteiger partial charge is 0.484 e. The molecule has 1 aromatic heterocycles. The molecule has 0 spiro atoms. The minimum absolute atomic E-state index is 0.0447. The zero-order chi connectivity index (χ0) is 23.1. The van der Waals surface area contributed by atoms with Gasteiger partial charge in [0.25, 0.3) is 5.91 Å². The van der Waals surface area contributed by atoms with E-state index >= 15 is 0 Å². The molecule has 2 N–H and O–H groups in total. The number of nitrogens with zero attached hydrogens (tertiary/aromatic N) is 2. The molecule has 0 bridgehead atoms. The van der Waals surface area contributed by atoms with Gasteiger partial charge in [0.15, 0.2) is 6.61 Å². The predicted molar refractivity (Wildman–Crippen MR) is 107 cm³/mol. The van der Waals surface area contributed by atoms with E-state index < -0.39 is 30.2 Å². The smallest absolute Gasteiger partial charge is 0.416 e. The normalized spacial score (nSPS) is 11.1. The minimum Gasteiger partial charge on any atom is -0.484 e. The van der Waals surface area contributed by atoms with Crippen LogP contribution in [-0.2, 0) is 11.0 Å². The highest BCUT2D eigenvalue weighted by Crippen LogP contribution is 2.31. The van der Waals surface area contributed by atoms with Crippen molar-refractivity contribution in [3.8, 4) is 17.1 Å². The van der Waals surface area contributed by atoms with Crippen LogP contribution in [0.3, 0.4) is 0 Å². The van der Waals surface area contributed by atoms with E-state index in [0.717, 1.165) is 12.1 Å². The molecule has 0 aliphatic rings. The zero-order valence-corrected chi connectivity index (χ0v) is 17.0. The van der Waals surface area contributed by atoms with Gasteiger partial charge < -0.3 is 19.9 Å². The van der Waals surface area contributed by atoms with Crippen LogP contribution < -0.4 is 15.4 Å². The van der Waals surface area contributed by atoms with Crippen molar-refractivity contribution < 1.29 is 32.0 Å².